The predicted octanol–water partition coefficient (Wildman–Crippen LogP) is 3.23. The maximum atomic E-state index is 12.2. The van der Waals surface area contributed by atoms with Gasteiger partial charge >= 0.3 is 5.97 Å². The lowest BCUT2D eigenvalue weighted by molar-refractivity contribution is -0.142. The molecule has 6 nitrogen and oxygen atoms in total. The fraction of sp³-hybridized carbons (Fsp3) is 0.286. The molecule has 3 N–H and O–H groups in total. The first kappa shape index (κ1) is 19.8. The van der Waals surface area contributed by atoms with E-state index in [1.54, 1.807) is 6.08 Å². The van der Waals surface area contributed by atoms with E-state index in [0.717, 1.165) is 47.3 Å². The van der Waals surface area contributed by atoms with Gasteiger partial charge < -0.3 is 15.8 Å². The third-order valence-electron chi connectivity index (χ3n) is 4.51. The van der Waals surface area contributed by atoms with E-state index in [1.807, 2.05) is 31.2 Å². The monoisotopic (exact) mass is 398 g/mol. The van der Waals surface area contributed by atoms with Crippen molar-refractivity contribution < 1.29 is 19.1 Å². The second kappa shape index (κ2) is 8.84. The lowest BCUT2D eigenvalue weighted by Crippen LogP contribution is -2.22. The lowest BCUT2D eigenvalue weighted by atomic mass is 9.95. The highest BCUT2D eigenvalue weighted by Gasteiger charge is 2.25. The van der Waals surface area contributed by atoms with Gasteiger partial charge in [-0.05, 0) is 49.8 Å². The fourth-order valence-corrected chi connectivity index (χ4v) is 4.41. The van der Waals surface area contributed by atoms with E-state index in [9.17, 15) is 14.4 Å². The Kier molecular flexibility index (Phi) is 6.26. The number of rotatable bonds is 6. The van der Waals surface area contributed by atoms with Gasteiger partial charge in [0.05, 0.1) is 5.56 Å². The molecule has 28 heavy (non-hydrogen) atoms. The van der Waals surface area contributed by atoms with Crippen LogP contribution in [0.2, 0.25) is 0 Å². The highest BCUT2D eigenvalue weighted by molar-refractivity contribution is 7.17. The Bertz CT molecular complexity index is 929. The summed E-state index contributed by atoms with van der Waals surface area (Å²) in [6.07, 6.45) is 6.63. The van der Waals surface area contributed by atoms with Crippen molar-refractivity contribution in [3.8, 4) is 0 Å². The van der Waals surface area contributed by atoms with Gasteiger partial charge in [0.2, 0.25) is 0 Å². The first-order valence-electron chi connectivity index (χ1n) is 9.09. The van der Waals surface area contributed by atoms with Gasteiger partial charge in [0.15, 0.2) is 6.61 Å². The van der Waals surface area contributed by atoms with Crippen LogP contribution in [0.15, 0.2) is 30.3 Å². The number of fused-ring (bicyclic) bond motifs is 1. The molecule has 0 saturated heterocycles. The standard InChI is InChI=1S/C21H22N2O4S/c1-13-6-8-14(9-7-13)10-11-18(25)27-12-17(24)23-21-19(20(22)26)15-4-2-3-5-16(15)28-21/h6-11H,2-5,12H2,1H3,(H2,22,26)(H,23,24). The van der Waals surface area contributed by atoms with Crippen molar-refractivity contribution >= 4 is 40.2 Å². The van der Waals surface area contributed by atoms with E-state index in [4.69, 9.17) is 10.5 Å². The van der Waals surface area contributed by atoms with Gasteiger partial charge in [0.25, 0.3) is 11.8 Å². The van der Waals surface area contributed by atoms with E-state index in [2.05, 4.69) is 5.32 Å². The van der Waals surface area contributed by atoms with Crippen LogP contribution in [0.25, 0.3) is 6.08 Å². The van der Waals surface area contributed by atoms with E-state index >= 15 is 0 Å². The second-order valence-electron chi connectivity index (χ2n) is 6.68. The van der Waals surface area contributed by atoms with Crippen LogP contribution in [0.5, 0.6) is 0 Å². The molecule has 0 radical (unpaired) electrons. The van der Waals surface area contributed by atoms with Gasteiger partial charge in [-0.25, -0.2) is 4.79 Å². The van der Waals surface area contributed by atoms with Crippen molar-refractivity contribution in [2.45, 2.75) is 32.6 Å². The minimum atomic E-state index is -0.615. The molecule has 146 valence electrons. The summed E-state index contributed by atoms with van der Waals surface area (Å²) in [4.78, 5) is 36.9. The summed E-state index contributed by atoms with van der Waals surface area (Å²) in [5, 5.41) is 3.10. The quantitative estimate of drug-likeness (QED) is 0.576. The average molecular weight is 398 g/mol. The summed E-state index contributed by atoms with van der Waals surface area (Å²) in [5.41, 5.74) is 8.83. The Hall–Kier alpha value is -2.93. The number of aryl methyl sites for hydroxylation is 2. The van der Waals surface area contributed by atoms with E-state index < -0.39 is 24.4 Å². The number of carbonyl (C=O) groups excluding carboxylic acids is 3. The molecule has 0 saturated carbocycles. The molecule has 2 aromatic rings. The average Bonchev–Trinajstić information content (AvgIpc) is 3.03. The number of benzene rings is 1. The summed E-state index contributed by atoms with van der Waals surface area (Å²) in [6.45, 7) is 1.55. The topological polar surface area (TPSA) is 98.5 Å². The van der Waals surface area contributed by atoms with Crippen LogP contribution in [0.4, 0.5) is 5.00 Å². The number of nitrogens with one attached hydrogen (secondary N) is 1. The minimum Gasteiger partial charge on any atom is -0.452 e. The van der Waals surface area contributed by atoms with Crippen molar-refractivity contribution in [1.82, 2.24) is 0 Å². The molecular formula is C21H22N2O4S. The smallest absolute Gasteiger partial charge is 0.331 e. The Labute approximate surface area is 167 Å². The van der Waals surface area contributed by atoms with Gasteiger partial charge in [-0.15, -0.1) is 11.3 Å². The second-order valence-corrected chi connectivity index (χ2v) is 7.78. The number of anilines is 1. The molecular weight excluding hydrogens is 376 g/mol. The molecule has 0 fully saturated rings. The maximum Gasteiger partial charge on any atom is 0.331 e. The SMILES string of the molecule is Cc1ccc(C=CC(=O)OCC(=O)Nc2sc3c(c2C(N)=O)CCCC3)cc1. The molecule has 0 spiro atoms. The Morgan fingerprint density at radius 3 is 2.61 bits per heavy atom. The predicted molar refractivity (Wildman–Crippen MR) is 109 cm³/mol. The normalized spacial score (nSPS) is 13.2. The minimum absolute atomic E-state index is 0.388. The zero-order valence-corrected chi connectivity index (χ0v) is 16.4. The third kappa shape index (κ3) is 4.86. The Balaban J connectivity index is 1.57. The summed E-state index contributed by atoms with van der Waals surface area (Å²) in [7, 11) is 0. The van der Waals surface area contributed by atoms with Crippen molar-refractivity contribution in [2.24, 2.45) is 5.73 Å². The summed E-state index contributed by atoms with van der Waals surface area (Å²) in [6, 6.07) is 7.65. The van der Waals surface area contributed by atoms with E-state index in [-0.39, 0.29) is 0 Å². The van der Waals surface area contributed by atoms with Gasteiger partial charge in [0, 0.05) is 11.0 Å². The molecule has 2 amide bonds. The van der Waals surface area contributed by atoms with Gasteiger partial charge in [0.1, 0.15) is 5.00 Å². The highest BCUT2D eigenvalue weighted by Crippen LogP contribution is 2.37. The van der Waals surface area contributed by atoms with Crippen molar-refractivity contribution in [2.75, 3.05) is 11.9 Å². The first-order chi connectivity index (χ1) is 13.4. The number of primary amides is 1. The number of esters is 1. The third-order valence-corrected chi connectivity index (χ3v) is 5.71. The molecule has 1 aliphatic rings. The maximum absolute atomic E-state index is 12.2. The van der Waals surface area contributed by atoms with Crippen LogP contribution < -0.4 is 11.1 Å². The van der Waals surface area contributed by atoms with E-state index in [0.29, 0.717) is 10.6 Å². The van der Waals surface area contributed by atoms with Crippen molar-refractivity contribution in [3.63, 3.8) is 0 Å². The Morgan fingerprint density at radius 2 is 1.89 bits per heavy atom. The largest absolute Gasteiger partial charge is 0.452 e. The zero-order valence-electron chi connectivity index (χ0n) is 15.6. The van der Waals surface area contributed by atoms with Crippen LogP contribution >= 0.6 is 11.3 Å². The fourth-order valence-electron chi connectivity index (χ4n) is 3.10. The molecule has 1 aromatic heterocycles. The highest BCUT2D eigenvalue weighted by atomic mass is 32.1. The molecule has 1 heterocycles. The summed E-state index contributed by atoms with van der Waals surface area (Å²) < 4.78 is 4.97. The number of hydrogen-bond acceptors (Lipinski definition) is 5. The molecule has 3 rings (SSSR count). The van der Waals surface area contributed by atoms with Crippen LogP contribution in [0.1, 0.15) is 44.8 Å². The zero-order chi connectivity index (χ0) is 20.1. The molecule has 0 unspecified atom stereocenters. The number of thiophene rings is 1. The van der Waals surface area contributed by atoms with Crippen LogP contribution in [-0.4, -0.2) is 24.4 Å². The molecule has 7 heteroatoms. The van der Waals surface area contributed by atoms with Crippen LogP contribution in [-0.2, 0) is 27.2 Å². The van der Waals surface area contributed by atoms with Gasteiger partial charge in [-0.1, -0.05) is 29.8 Å². The number of carbonyl (C=O) groups is 3. The number of nitrogens with two attached hydrogens (primary N) is 1. The van der Waals surface area contributed by atoms with Crippen LogP contribution in [0.3, 0.4) is 0 Å². The van der Waals surface area contributed by atoms with E-state index in [1.165, 1.54) is 17.4 Å². The summed E-state index contributed by atoms with van der Waals surface area (Å²) in [5.74, 6) is -1.66. The number of hydrogen-bond donors (Lipinski definition) is 2. The first-order valence-corrected chi connectivity index (χ1v) is 9.91. The Morgan fingerprint density at radius 1 is 1.18 bits per heavy atom. The molecule has 0 aliphatic heterocycles. The van der Waals surface area contributed by atoms with Gasteiger partial charge in [-0.2, -0.15) is 0 Å². The molecule has 0 bridgehead atoms. The molecule has 0 atom stereocenters. The van der Waals surface area contributed by atoms with Crippen molar-refractivity contribution in [1.29, 1.82) is 0 Å². The van der Waals surface area contributed by atoms with Gasteiger partial charge in [-0.3, -0.25) is 9.59 Å². The molecule has 1 aliphatic carbocycles. The number of amides is 2. The summed E-state index contributed by atoms with van der Waals surface area (Å²) >= 11 is 1.37. The number of ether oxygens (including phenoxy) is 1. The van der Waals surface area contributed by atoms with Crippen molar-refractivity contribution in [3.05, 3.63) is 57.5 Å². The lowest BCUT2D eigenvalue weighted by Gasteiger charge is -2.11. The van der Waals surface area contributed by atoms with Crippen LogP contribution in [0, 0.1) is 6.92 Å². The molecule has 1 aromatic carbocycles.